The van der Waals surface area contributed by atoms with Crippen LogP contribution in [-0.4, -0.2) is 48.4 Å². The lowest BCUT2D eigenvalue weighted by Crippen LogP contribution is -2.46. The standard InChI is InChI=1S/C19H26N2O4/c1-21(2)18(25)19(11-5-6-12-19)13-20-16(22)10-9-14-7-3-4-8-15(14)17(23)24/h3-4,7-8H,5-6,9-13H2,1-2H3,(H,20,22)(H,23,24). The second-order valence-electron chi connectivity index (χ2n) is 6.93. The fourth-order valence-electron chi connectivity index (χ4n) is 3.54. The van der Waals surface area contributed by atoms with Gasteiger partial charge in [0.1, 0.15) is 0 Å². The third-order valence-corrected chi connectivity index (χ3v) is 4.91. The number of benzene rings is 1. The van der Waals surface area contributed by atoms with Crippen molar-refractivity contribution in [2.45, 2.75) is 38.5 Å². The highest BCUT2D eigenvalue weighted by Gasteiger charge is 2.42. The number of carboxylic acid groups (broad SMARTS) is 1. The summed E-state index contributed by atoms with van der Waals surface area (Å²) < 4.78 is 0. The smallest absolute Gasteiger partial charge is 0.335 e. The molecule has 136 valence electrons. The van der Waals surface area contributed by atoms with Crippen LogP contribution < -0.4 is 5.32 Å². The van der Waals surface area contributed by atoms with Gasteiger partial charge in [-0.15, -0.1) is 0 Å². The lowest BCUT2D eigenvalue weighted by molar-refractivity contribution is -0.139. The lowest BCUT2D eigenvalue weighted by atomic mass is 9.84. The Bertz CT molecular complexity index is 649. The van der Waals surface area contributed by atoms with Gasteiger partial charge in [-0.1, -0.05) is 31.0 Å². The van der Waals surface area contributed by atoms with Crippen LogP contribution in [-0.2, 0) is 16.0 Å². The molecule has 1 aliphatic carbocycles. The Labute approximate surface area is 148 Å². The first-order valence-electron chi connectivity index (χ1n) is 8.65. The molecule has 0 unspecified atom stereocenters. The van der Waals surface area contributed by atoms with Crippen molar-refractivity contribution in [3.63, 3.8) is 0 Å². The highest BCUT2D eigenvalue weighted by atomic mass is 16.4. The predicted octanol–water partition coefficient (Wildman–Crippen LogP) is 2.08. The SMILES string of the molecule is CN(C)C(=O)C1(CNC(=O)CCc2ccccc2C(=O)O)CCCC1. The Kier molecular flexibility index (Phi) is 6.17. The number of aromatic carboxylic acids is 1. The van der Waals surface area contributed by atoms with Crippen LogP contribution in [0.2, 0.25) is 0 Å². The summed E-state index contributed by atoms with van der Waals surface area (Å²) in [6, 6.07) is 6.70. The number of hydrogen-bond acceptors (Lipinski definition) is 3. The second-order valence-corrected chi connectivity index (χ2v) is 6.93. The van der Waals surface area contributed by atoms with E-state index in [9.17, 15) is 19.5 Å². The zero-order valence-electron chi connectivity index (χ0n) is 14.9. The number of nitrogens with one attached hydrogen (secondary N) is 1. The van der Waals surface area contributed by atoms with Gasteiger partial charge in [0.05, 0.1) is 11.0 Å². The Morgan fingerprint density at radius 3 is 2.40 bits per heavy atom. The van der Waals surface area contributed by atoms with Crippen LogP contribution in [0.5, 0.6) is 0 Å². The largest absolute Gasteiger partial charge is 0.478 e. The number of nitrogens with zero attached hydrogens (tertiary/aromatic N) is 1. The summed E-state index contributed by atoms with van der Waals surface area (Å²) in [7, 11) is 3.49. The minimum atomic E-state index is -0.988. The Balaban J connectivity index is 1.92. The average molecular weight is 346 g/mol. The van der Waals surface area contributed by atoms with Gasteiger partial charge < -0.3 is 15.3 Å². The summed E-state index contributed by atoms with van der Waals surface area (Å²) in [4.78, 5) is 37.5. The molecule has 0 bridgehead atoms. The van der Waals surface area contributed by atoms with Gasteiger partial charge in [-0.05, 0) is 30.9 Å². The van der Waals surface area contributed by atoms with E-state index in [0.29, 0.717) is 18.5 Å². The van der Waals surface area contributed by atoms with Gasteiger partial charge in [0.25, 0.3) is 0 Å². The van der Waals surface area contributed by atoms with E-state index >= 15 is 0 Å². The van der Waals surface area contributed by atoms with Gasteiger partial charge in [-0.25, -0.2) is 4.79 Å². The van der Waals surface area contributed by atoms with E-state index in [1.807, 2.05) is 0 Å². The van der Waals surface area contributed by atoms with Crippen LogP contribution in [0.15, 0.2) is 24.3 Å². The van der Waals surface area contributed by atoms with Crippen molar-refractivity contribution in [2.24, 2.45) is 5.41 Å². The van der Waals surface area contributed by atoms with Gasteiger partial charge >= 0.3 is 5.97 Å². The van der Waals surface area contributed by atoms with E-state index in [-0.39, 0.29) is 23.8 Å². The molecular weight excluding hydrogens is 320 g/mol. The lowest BCUT2D eigenvalue weighted by Gasteiger charge is -2.30. The van der Waals surface area contributed by atoms with Crippen molar-refractivity contribution in [1.82, 2.24) is 10.2 Å². The number of rotatable bonds is 7. The third-order valence-electron chi connectivity index (χ3n) is 4.91. The molecule has 0 spiro atoms. The first-order valence-corrected chi connectivity index (χ1v) is 8.65. The summed E-state index contributed by atoms with van der Waals surface area (Å²) in [5, 5.41) is 12.1. The Morgan fingerprint density at radius 2 is 1.80 bits per heavy atom. The fourth-order valence-corrected chi connectivity index (χ4v) is 3.54. The molecule has 6 nitrogen and oxygen atoms in total. The molecule has 0 aliphatic heterocycles. The summed E-state index contributed by atoms with van der Waals surface area (Å²) in [5.74, 6) is -1.07. The van der Waals surface area contributed by atoms with Crippen molar-refractivity contribution in [2.75, 3.05) is 20.6 Å². The molecule has 25 heavy (non-hydrogen) atoms. The van der Waals surface area contributed by atoms with Crippen molar-refractivity contribution >= 4 is 17.8 Å². The summed E-state index contributed by atoms with van der Waals surface area (Å²) in [6.07, 6.45) is 4.17. The van der Waals surface area contributed by atoms with Gasteiger partial charge in [0, 0.05) is 27.1 Å². The molecule has 0 aromatic heterocycles. The fraction of sp³-hybridized carbons (Fsp3) is 0.526. The maximum absolute atomic E-state index is 12.5. The van der Waals surface area contributed by atoms with Crippen LogP contribution in [0.1, 0.15) is 48.0 Å². The molecule has 6 heteroatoms. The number of amides is 2. The highest BCUT2D eigenvalue weighted by molar-refractivity contribution is 5.89. The molecule has 2 amide bonds. The van der Waals surface area contributed by atoms with Crippen LogP contribution in [0.4, 0.5) is 0 Å². The molecule has 1 aliphatic rings. The molecule has 2 N–H and O–H groups in total. The third kappa shape index (κ3) is 4.59. The molecule has 1 saturated carbocycles. The first kappa shape index (κ1) is 19.0. The summed E-state index contributed by atoms with van der Waals surface area (Å²) >= 11 is 0. The minimum absolute atomic E-state index is 0.0709. The van der Waals surface area contributed by atoms with Gasteiger partial charge in [-0.3, -0.25) is 9.59 Å². The number of aryl methyl sites for hydroxylation is 1. The quantitative estimate of drug-likeness (QED) is 0.791. The predicted molar refractivity (Wildman–Crippen MR) is 94.3 cm³/mol. The maximum Gasteiger partial charge on any atom is 0.335 e. The van der Waals surface area contributed by atoms with Crippen molar-refractivity contribution < 1.29 is 19.5 Å². The number of carbonyl (C=O) groups excluding carboxylic acids is 2. The molecule has 0 saturated heterocycles. The maximum atomic E-state index is 12.5. The second kappa shape index (κ2) is 8.14. The summed E-state index contributed by atoms with van der Waals surface area (Å²) in [6.45, 7) is 0.351. The normalized spacial score (nSPS) is 15.6. The van der Waals surface area contributed by atoms with Crippen LogP contribution in [0, 0.1) is 5.41 Å². The molecule has 0 atom stereocenters. The first-order chi connectivity index (χ1) is 11.9. The molecule has 0 heterocycles. The Hall–Kier alpha value is -2.37. The van der Waals surface area contributed by atoms with E-state index in [4.69, 9.17) is 0 Å². The van der Waals surface area contributed by atoms with Gasteiger partial charge in [-0.2, -0.15) is 0 Å². The van der Waals surface area contributed by atoms with Crippen LogP contribution in [0.25, 0.3) is 0 Å². The molecule has 2 rings (SSSR count). The monoisotopic (exact) mass is 346 g/mol. The van der Waals surface area contributed by atoms with E-state index in [1.165, 1.54) is 0 Å². The number of hydrogen-bond donors (Lipinski definition) is 2. The number of carboxylic acids is 1. The molecule has 0 radical (unpaired) electrons. The summed E-state index contributed by atoms with van der Waals surface area (Å²) in [5.41, 5.74) is 0.383. The molecule has 1 aromatic rings. The van der Waals surface area contributed by atoms with Crippen molar-refractivity contribution in [3.8, 4) is 0 Å². The topological polar surface area (TPSA) is 86.7 Å². The minimum Gasteiger partial charge on any atom is -0.478 e. The average Bonchev–Trinajstić information content (AvgIpc) is 3.07. The van der Waals surface area contributed by atoms with Crippen molar-refractivity contribution in [3.05, 3.63) is 35.4 Å². The van der Waals surface area contributed by atoms with E-state index in [2.05, 4.69) is 5.32 Å². The Morgan fingerprint density at radius 1 is 1.16 bits per heavy atom. The zero-order valence-corrected chi connectivity index (χ0v) is 14.9. The zero-order chi connectivity index (χ0) is 18.4. The molecular formula is C19H26N2O4. The molecule has 1 fully saturated rings. The highest BCUT2D eigenvalue weighted by Crippen LogP contribution is 2.38. The van der Waals surface area contributed by atoms with Crippen LogP contribution >= 0.6 is 0 Å². The number of carbonyl (C=O) groups is 3. The van der Waals surface area contributed by atoms with Gasteiger partial charge in [0.2, 0.25) is 11.8 Å². The van der Waals surface area contributed by atoms with E-state index in [0.717, 1.165) is 25.7 Å². The van der Waals surface area contributed by atoms with Crippen molar-refractivity contribution in [1.29, 1.82) is 0 Å². The molecule has 1 aromatic carbocycles. The van der Waals surface area contributed by atoms with E-state index in [1.54, 1.807) is 43.3 Å². The van der Waals surface area contributed by atoms with E-state index < -0.39 is 11.4 Å². The van der Waals surface area contributed by atoms with Crippen LogP contribution in [0.3, 0.4) is 0 Å². The van der Waals surface area contributed by atoms with Gasteiger partial charge in [0.15, 0.2) is 0 Å².